The first kappa shape index (κ1) is 20.4. The first-order valence-electron chi connectivity index (χ1n) is 8.83. The van der Waals surface area contributed by atoms with E-state index in [1.54, 1.807) is 25.6 Å². The summed E-state index contributed by atoms with van der Waals surface area (Å²) in [6, 6.07) is 8.02. The molecule has 1 aromatic carbocycles. The number of carbonyl (C=O) groups is 3. The Kier molecular flexibility index (Phi) is 6.87. The lowest BCUT2D eigenvalue weighted by Crippen LogP contribution is -2.29. The normalized spacial score (nSPS) is 10.5. The molecule has 144 valence electrons. The van der Waals surface area contributed by atoms with E-state index in [1.807, 2.05) is 31.2 Å². The molecule has 0 bridgehead atoms. The third kappa shape index (κ3) is 5.51. The molecule has 1 heterocycles. The summed E-state index contributed by atoms with van der Waals surface area (Å²) >= 11 is 0. The number of hydrogen-bond donors (Lipinski definition) is 1. The van der Waals surface area contributed by atoms with Crippen molar-refractivity contribution in [3.8, 4) is 0 Å². The van der Waals surface area contributed by atoms with Gasteiger partial charge in [0.25, 0.3) is 5.78 Å². The van der Waals surface area contributed by atoms with Crippen LogP contribution in [0.15, 0.2) is 24.3 Å². The molecule has 0 radical (unpaired) electrons. The van der Waals surface area contributed by atoms with E-state index in [9.17, 15) is 14.4 Å². The van der Waals surface area contributed by atoms with E-state index < -0.39 is 11.8 Å². The van der Waals surface area contributed by atoms with Crippen LogP contribution in [0.3, 0.4) is 0 Å². The molecule has 0 saturated carbocycles. The lowest BCUT2D eigenvalue weighted by Gasteiger charge is -2.07. The molecule has 0 saturated heterocycles. The molecule has 0 aliphatic carbocycles. The summed E-state index contributed by atoms with van der Waals surface area (Å²) in [5.41, 5.74) is 3.64. The third-order valence-electron chi connectivity index (χ3n) is 4.34. The van der Waals surface area contributed by atoms with E-state index in [-0.39, 0.29) is 24.6 Å². The standard InChI is InChI=1S/C20H25N3O4/c1-13-5-7-16(8-6-13)9-10-17(24)21-11-12-27-20(26)19(25)18-14(2)22-23(4)15(18)3/h5-8H,9-12H2,1-4H3,(H,21,24). The van der Waals surface area contributed by atoms with Gasteiger partial charge in [0.15, 0.2) is 0 Å². The van der Waals surface area contributed by atoms with Gasteiger partial charge in [-0.2, -0.15) is 5.10 Å². The number of amides is 1. The number of aryl methyl sites for hydroxylation is 4. The number of carbonyl (C=O) groups excluding carboxylic acids is 3. The molecule has 0 aliphatic rings. The number of benzene rings is 1. The van der Waals surface area contributed by atoms with Crippen molar-refractivity contribution in [1.82, 2.24) is 15.1 Å². The Morgan fingerprint density at radius 2 is 1.78 bits per heavy atom. The fourth-order valence-corrected chi connectivity index (χ4v) is 2.71. The largest absolute Gasteiger partial charge is 0.458 e. The molecule has 2 rings (SSSR count). The van der Waals surface area contributed by atoms with Gasteiger partial charge < -0.3 is 10.1 Å². The van der Waals surface area contributed by atoms with Gasteiger partial charge in [0, 0.05) is 19.2 Å². The van der Waals surface area contributed by atoms with Gasteiger partial charge >= 0.3 is 5.97 Å². The van der Waals surface area contributed by atoms with Crippen LogP contribution in [0, 0.1) is 20.8 Å². The van der Waals surface area contributed by atoms with Crippen LogP contribution in [0.25, 0.3) is 0 Å². The Balaban J connectivity index is 1.71. The van der Waals surface area contributed by atoms with Crippen molar-refractivity contribution < 1.29 is 19.1 Å². The van der Waals surface area contributed by atoms with Gasteiger partial charge in [0.2, 0.25) is 5.91 Å². The summed E-state index contributed by atoms with van der Waals surface area (Å²) in [5, 5.41) is 6.80. The van der Waals surface area contributed by atoms with E-state index in [4.69, 9.17) is 4.74 Å². The maximum Gasteiger partial charge on any atom is 0.379 e. The predicted octanol–water partition coefficient (Wildman–Crippen LogP) is 1.82. The zero-order chi connectivity index (χ0) is 20.0. The van der Waals surface area contributed by atoms with Crippen molar-refractivity contribution in [3.63, 3.8) is 0 Å². The predicted molar refractivity (Wildman–Crippen MR) is 100 cm³/mol. The summed E-state index contributed by atoms with van der Waals surface area (Å²) in [7, 11) is 1.70. The molecule has 0 spiro atoms. The Labute approximate surface area is 158 Å². The monoisotopic (exact) mass is 371 g/mol. The molecule has 1 amide bonds. The summed E-state index contributed by atoms with van der Waals surface area (Å²) in [4.78, 5) is 36.0. The van der Waals surface area contributed by atoms with Gasteiger partial charge in [-0.1, -0.05) is 29.8 Å². The lowest BCUT2D eigenvalue weighted by molar-refractivity contribution is -0.138. The number of esters is 1. The van der Waals surface area contributed by atoms with Gasteiger partial charge in [-0.3, -0.25) is 14.3 Å². The second-order valence-electron chi connectivity index (χ2n) is 6.47. The second kappa shape index (κ2) is 9.12. The van der Waals surface area contributed by atoms with Crippen molar-refractivity contribution >= 4 is 17.7 Å². The molecule has 7 heteroatoms. The Morgan fingerprint density at radius 1 is 1.11 bits per heavy atom. The van der Waals surface area contributed by atoms with E-state index in [2.05, 4.69) is 10.4 Å². The fraction of sp³-hybridized carbons (Fsp3) is 0.400. The highest BCUT2D eigenvalue weighted by Gasteiger charge is 2.25. The molecule has 0 atom stereocenters. The molecule has 0 unspecified atom stereocenters. The van der Waals surface area contributed by atoms with E-state index in [1.165, 1.54) is 5.56 Å². The summed E-state index contributed by atoms with van der Waals surface area (Å²) < 4.78 is 6.51. The molecule has 27 heavy (non-hydrogen) atoms. The van der Waals surface area contributed by atoms with E-state index in [0.717, 1.165) is 5.56 Å². The van der Waals surface area contributed by atoms with Crippen LogP contribution in [0.2, 0.25) is 0 Å². The molecule has 7 nitrogen and oxygen atoms in total. The van der Waals surface area contributed by atoms with E-state index >= 15 is 0 Å². The molecule has 2 aromatic rings. The molecule has 0 fully saturated rings. The number of aromatic nitrogens is 2. The second-order valence-corrected chi connectivity index (χ2v) is 6.47. The van der Waals surface area contributed by atoms with Gasteiger partial charge in [0.05, 0.1) is 17.8 Å². The van der Waals surface area contributed by atoms with Gasteiger partial charge in [-0.15, -0.1) is 0 Å². The number of Topliss-reactive ketones (excluding diaryl/α,β-unsaturated/α-hetero) is 1. The first-order chi connectivity index (χ1) is 12.8. The number of nitrogens with one attached hydrogen (secondary N) is 1. The van der Waals surface area contributed by atoms with Gasteiger partial charge in [-0.25, -0.2) is 4.79 Å². The highest BCUT2D eigenvalue weighted by Crippen LogP contribution is 2.13. The summed E-state index contributed by atoms with van der Waals surface area (Å²) in [5.74, 6) is -1.79. The van der Waals surface area contributed by atoms with Crippen LogP contribution >= 0.6 is 0 Å². The van der Waals surface area contributed by atoms with Crippen molar-refractivity contribution in [2.24, 2.45) is 7.05 Å². The lowest BCUT2D eigenvalue weighted by atomic mass is 10.1. The number of nitrogens with zero attached hydrogens (tertiary/aromatic N) is 2. The average Bonchev–Trinajstić information content (AvgIpc) is 2.89. The van der Waals surface area contributed by atoms with Crippen LogP contribution in [0.5, 0.6) is 0 Å². The minimum atomic E-state index is -0.942. The van der Waals surface area contributed by atoms with Gasteiger partial charge in [0.1, 0.15) is 6.61 Å². The number of ether oxygens (including phenoxy) is 1. The zero-order valence-corrected chi connectivity index (χ0v) is 16.2. The minimum Gasteiger partial charge on any atom is -0.458 e. The van der Waals surface area contributed by atoms with Crippen LogP contribution < -0.4 is 5.32 Å². The van der Waals surface area contributed by atoms with Crippen molar-refractivity contribution in [2.45, 2.75) is 33.6 Å². The average molecular weight is 371 g/mol. The molecule has 1 aromatic heterocycles. The number of ketones is 1. The third-order valence-corrected chi connectivity index (χ3v) is 4.34. The Morgan fingerprint density at radius 3 is 2.37 bits per heavy atom. The van der Waals surface area contributed by atoms with Gasteiger partial charge in [-0.05, 0) is 32.8 Å². The van der Waals surface area contributed by atoms with Crippen molar-refractivity contribution in [3.05, 3.63) is 52.3 Å². The maximum absolute atomic E-state index is 12.2. The Bertz CT molecular complexity index is 838. The van der Waals surface area contributed by atoms with Crippen molar-refractivity contribution in [1.29, 1.82) is 0 Å². The molecular weight excluding hydrogens is 346 g/mol. The number of hydrogen-bond acceptors (Lipinski definition) is 5. The molecular formula is C20H25N3O4. The first-order valence-corrected chi connectivity index (χ1v) is 8.83. The quantitative estimate of drug-likeness (QED) is 0.331. The van der Waals surface area contributed by atoms with Crippen LogP contribution in [-0.4, -0.2) is 40.6 Å². The fourth-order valence-electron chi connectivity index (χ4n) is 2.71. The van der Waals surface area contributed by atoms with Crippen LogP contribution in [0.1, 0.15) is 39.3 Å². The van der Waals surface area contributed by atoms with E-state index in [0.29, 0.717) is 24.2 Å². The minimum absolute atomic E-state index is 0.0563. The van der Waals surface area contributed by atoms with Crippen LogP contribution in [0.4, 0.5) is 0 Å². The van der Waals surface area contributed by atoms with Crippen LogP contribution in [-0.2, 0) is 27.8 Å². The SMILES string of the molecule is Cc1ccc(CCC(=O)NCCOC(=O)C(=O)c2c(C)nn(C)c2C)cc1. The zero-order valence-electron chi connectivity index (χ0n) is 16.2. The summed E-state index contributed by atoms with van der Waals surface area (Å²) in [6.45, 7) is 5.51. The van der Waals surface area contributed by atoms with Crippen molar-refractivity contribution in [2.75, 3.05) is 13.2 Å². The maximum atomic E-state index is 12.2. The smallest absolute Gasteiger partial charge is 0.379 e. The summed E-state index contributed by atoms with van der Waals surface area (Å²) in [6.07, 6.45) is 0.994. The highest BCUT2D eigenvalue weighted by molar-refractivity contribution is 6.41. The topological polar surface area (TPSA) is 90.3 Å². The number of rotatable bonds is 8. The molecule has 1 N–H and O–H groups in total. The Hall–Kier alpha value is -2.96. The highest BCUT2D eigenvalue weighted by atomic mass is 16.5. The molecule has 0 aliphatic heterocycles.